The molecule has 0 aliphatic heterocycles. The third-order valence-corrected chi connectivity index (χ3v) is 1.82. The molecule has 1 aromatic carbocycles. The first kappa shape index (κ1) is 10.3. The second-order valence-electron chi connectivity index (χ2n) is 2.87. The van der Waals surface area contributed by atoms with E-state index in [0.29, 0.717) is 0 Å². The molecule has 0 radical (unpaired) electrons. The summed E-state index contributed by atoms with van der Waals surface area (Å²) in [5.41, 5.74) is 0.831. The summed E-state index contributed by atoms with van der Waals surface area (Å²) in [6, 6.07) is 6.51. The van der Waals surface area contributed by atoms with Crippen molar-refractivity contribution in [2.45, 2.75) is 13.0 Å². The van der Waals surface area contributed by atoms with E-state index in [1.54, 1.807) is 31.2 Å². The maximum Gasteiger partial charge on any atom is 0.330 e. The number of phenols is 1. The van der Waals surface area contributed by atoms with Crippen molar-refractivity contribution in [1.29, 1.82) is 0 Å². The highest BCUT2D eigenvalue weighted by Gasteiger charge is 2.08. The molecule has 0 aliphatic rings. The van der Waals surface area contributed by atoms with E-state index >= 15 is 0 Å². The van der Waals surface area contributed by atoms with Crippen LogP contribution in [0.1, 0.15) is 18.6 Å². The van der Waals surface area contributed by atoms with Gasteiger partial charge in [0.25, 0.3) is 0 Å². The summed E-state index contributed by atoms with van der Waals surface area (Å²) in [7, 11) is 0. The molecule has 0 heterocycles. The van der Waals surface area contributed by atoms with Crippen LogP contribution < -0.4 is 0 Å². The van der Waals surface area contributed by atoms with Gasteiger partial charge in [0.2, 0.25) is 0 Å². The molecule has 0 aliphatic carbocycles. The summed E-state index contributed by atoms with van der Waals surface area (Å²) in [6.07, 6.45) is 0.790. The van der Waals surface area contributed by atoms with E-state index in [1.165, 1.54) is 0 Å². The lowest BCUT2D eigenvalue weighted by Gasteiger charge is -2.11. The van der Waals surface area contributed by atoms with Gasteiger partial charge in [-0.1, -0.05) is 18.7 Å². The zero-order valence-electron chi connectivity index (χ0n) is 7.93. The second-order valence-corrected chi connectivity index (χ2v) is 2.87. The molecule has 1 rings (SSSR count). The lowest BCUT2D eigenvalue weighted by atomic mass is 10.1. The molecule has 74 valence electrons. The number of hydrogen-bond acceptors (Lipinski definition) is 3. The Morgan fingerprint density at radius 3 is 2.57 bits per heavy atom. The maximum atomic E-state index is 10.9. The smallest absolute Gasteiger partial charge is 0.330 e. The molecule has 1 unspecified atom stereocenters. The molecule has 14 heavy (non-hydrogen) atoms. The molecule has 3 nitrogen and oxygen atoms in total. The molecule has 0 bridgehead atoms. The highest BCUT2D eigenvalue weighted by atomic mass is 16.5. The molecule has 0 saturated heterocycles. The molecule has 3 heteroatoms. The molecular formula is C11H12O3. The van der Waals surface area contributed by atoms with Gasteiger partial charge in [-0.2, -0.15) is 0 Å². The third-order valence-electron chi connectivity index (χ3n) is 1.82. The van der Waals surface area contributed by atoms with Crippen molar-refractivity contribution in [3.63, 3.8) is 0 Å². The molecule has 1 atom stereocenters. The Kier molecular flexibility index (Phi) is 3.29. The Bertz CT molecular complexity index is 327. The van der Waals surface area contributed by atoms with E-state index in [-0.39, 0.29) is 11.9 Å². The fraction of sp³-hybridized carbons (Fsp3) is 0.182. The average Bonchev–Trinajstić information content (AvgIpc) is 2.18. The number of benzene rings is 1. The fourth-order valence-corrected chi connectivity index (χ4v) is 1.04. The minimum Gasteiger partial charge on any atom is -0.508 e. The topological polar surface area (TPSA) is 46.5 Å². The molecule has 0 saturated carbocycles. The molecule has 0 spiro atoms. The van der Waals surface area contributed by atoms with Gasteiger partial charge in [0.05, 0.1) is 0 Å². The summed E-state index contributed by atoms with van der Waals surface area (Å²) in [6.45, 7) is 5.06. The number of carbonyl (C=O) groups excluding carboxylic acids is 1. The average molecular weight is 192 g/mol. The van der Waals surface area contributed by atoms with Gasteiger partial charge < -0.3 is 9.84 Å². The maximum absolute atomic E-state index is 10.9. The van der Waals surface area contributed by atoms with Gasteiger partial charge in [-0.3, -0.25) is 0 Å². The number of ether oxygens (including phenoxy) is 1. The summed E-state index contributed by atoms with van der Waals surface area (Å²) >= 11 is 0. The van der Waals surface area contributed by atoms with Gasteiger partial charge in [0, 0.05) is 6.08 Å². The highest BCUT2D eigenvalue weighted by Crippen LogP contribution is 2.19. The molecule has 0 aromatic heterocycles. The van der Waals surface area contributed by atoms with Crippen LogP contribution in [-0.2, 0) is 9.53 Å². The van der Waals surface area contributed by atoms with Crippen molar-refractivity contribution >= 4 is 5.97 Å². The van der Waals surface area contributed by atoms with Gasteiger partial charge in [0.15, 0.2) is 0 Å². The van der Waals surface area contributed by atoms with E-state index in [9.17, 15) is 4.79 Å². The van der Waals surface area contributed by atoms with Crippen LogP contribution in [0, 0.1) is 0 Å². The summed E-state index contributed by atoms with van der Waals surface area (Å²) in [5.74, 6) is -0.262. The normalized spacial score (nSPS) is 11.8. The molecule has 1 aromatic rings. The zero-order valence-corrected chi connectivity index (χ0v) is 7.93. The van der Waals surface area contributed by atoms with Crippen LogP contribution in [0.25, 0.3) is 0 Å². The first-order valence-corrected chi connectivity index (χ1v) is 4.25. The Balaban J connectivity index is 2.69. The number of esters is 1. The SMILES string of the molecule is C=CC(=O)OC(C)c1ccc(O)cc1. The lowest BCUT2D eigenvalue weighted by molar-refractivity contribution is -0.142. The summed E-state index contributed by atoms with van der Waals surface area (Å²) < 4.78 is 4.99. The highest BCUT2D eigenvalue weighted by molar-refractivity contribution is 5.81. The van der Waals surface area contributed by atoms with Crippen LogP contribution >= 0.6 is 0 Å². The van der Waals surface area contributed by atoms with Gasteiger partial charge >= 0.3 is 5.97 Å². The monoisotopic (exact) mass is 192 g/mol. The number of carbonyl (C=O) groups is 1. The summed E-state index contributed by atoms with van der Waals surface area (Å²) in [5, 5.41) is 9.04. The number of aromatic hydroxyl groups is 1. The van der Waals surface area contributed by atoms with E-state index in [4.69, 9.17) is 9.84 Å². The number of phenolic OH excluding ortho intramolecular Hbond substituents is 1. The Hall–Kier alpha value is -1.77. The third kappa shape index (κ3) is 2.62. The number of rotatable bonds is 3. The quantitative estimate of drug-likeness (QED) is 0.589. The van der Waals surface area contributed by atoms with Crippen LogP contribution in [0.4, 0.5) is 0 Å². The minimum atomic E-state index is -0.453. The lowest BCUT2D eigenvalue weighted by Crippen LogP contribution is -2.05. The predicted octanol–water partition coefficient (Wildman–Crippen LogP) is 2.18. The van der Waals surface area contributed by atoms with Crippen molar-refractivity contribution in [2.24, 2.45) is 0 Å². The van der Waals surface area contributed by atoms with E-state index in [2.05, 4.69) is 6.58 Å². The van der Waals surface area contributed by atoms with Gasteiger partial charge in [-0.25, -0.2) is 4.79 Å². The first-order valence-electron chi connectivity index (χ1n) is 4.25. The van der Waals surface area contributed by atoms with Crippen molar-refractivity contribution in [1.82, 2.24) is 0 Å². The Morgan fingerprint density at radius 2 is 2.07 bits per heavy atom. The molecule has 1 N–H and O–H groups in total. The van der Waals surface area contributed by atoms with Crippen molar-refractivity contribution in [3.05, 3.63) is 42.5 Å². The fourth-order valence-electron chi connectivity index (χ4n) is 1.04. The van der Waals surface area contributed by atoms with Crippen LogP contribution in [-0.4, -0.2) is 11.1 Å². The van der Waals surface area contributed by atoms with Gasteiger partial charge in [-0.05, 0) is 24.6 Å². The first-order chi connectivity index (χ1) is 6.63. The second kappa shape index (κ2) is 4.46. The Morgan fingerprint density at radius 1 is 1.50 bits per heavy atom. The van der Waals surface area contributed by atoms with Gasteiger partial charge in [-0.15, -0.1) is 0 Å². The minimum absolute atomic E-state index is 0.191. The molecular weight excluding hydrogens is 180 g/mol. The van der Waals surface area contributed by atoms with E-state index < -0.39 is 5.97 Å². The Labute approximate surface area is 82.6 Å². The van der Waals surface area contributed by atoms with E-state index in [1.807, 2.05) is 0 Å². The van der Waals surface area contributed by atoms with Crippen LogP contribution in [0.15, 0.2) is 36.9 Å². The van der Waals surface area contributed by atoms with E-state index in [0.717, 1.165) is 11.6 Å². The molecule has 0 fully saturated rings. The van der Waals surface area contributed by atoms with Crippen LogP contribution in [0.5, 0.6) is 5.75 Å². The predicted molar refractivity (Wildman–Crippen MR) is 52.8 cm³/mol. The van der Waals surface area contributed by atoms with Crippen molar-refractivity contribution in [2.75, 3.05) is 0 Å². The van der Waals surface area contributed by atoms with Crippen molar-refractivity contribution in [3.8, 4) is 5.75 Å². The van der Waals surface area contributed by atoms with Crippen LogP contribution in [0.2, 0.25) is 0 Å². The zero-order chi connectivity index (χ0) is 10.6. The van der Waals surface area contributed by atoms with Crippen LogP contribution in [0.3, 0.4) is 0 Å². The number of hydrogen-bond donors (Lipinski definition) is 1. The van der Waals surface area contributed by atoms with Gasteiger partial charge in [0.1, 0.15) is 11.9 Å². The standard InChI is InChI=1S/C11H12O3/c1-3-11(13)14-8(2)9-4-6-10(12)7-5-9/h3-8,12H,1H2,2H3. The molecule has 0 amide bonds. The van der Waals surface area contributed by atoms with Crippen molar-refractivity contribution < 1.29 is 14.6 Å². The largest absolute Gasteiger partial charge is 0.508 e. The summed E-state index contributed by atoms with van der Waals surface area (Å²) in [4.78, 5) is 10.9.